The second-order valence-corrected chi connectivity index (χ2v) is 12.9. The third-order valence-corrected chi connectivity index (χ3v) is 10.9. The van der Waals surface area contributed by atoms with Gasteiger partial charge in [0.15, 0.2) is 5.13 Å². The number of anilines is 1. The Kier molecular flexibility index (Phi) is 6.91. The second kappa shape index (κ2) is 9.94. The smallest absolute Gasteiger partial charge is 0.252 e. The molecular formula is C24H23ClN4O3S3. The van der Waals surface area contributed by atoms with E-state index < -0.39 is 10.0 Å². The van der Waals surface area contributed by atoms with Crippen molar-refractivity contribution in [3.05, 3.63) is 70.3 Å². The van der Waals surface area contributed by atoms with Crippen LogP contribution in [-0.4, -0.2) is 41.7 Å². The molecule has 4 aromatic rings. The molecule has 0 bridgehead atoms. The van der Waals surface area contributed by atoms with Crippen molar-refractivity contribution in [2.75, 3.05) is 18.0 Å². The van der Waals surface area contributed by atoms with Crippen LogP contribution in [0.3, 0.4) is 0 Å². The van der Waals surface area contributed by atoms with Gasteiger partial charge in [0.1, 0.15) is 4.21 Å². The molecule has 0 saturated carbocycles. The highest BCUT2D eigenvalue weighted by Crippen LogP contribution is 2.36. The Bertz CT molecular complexity index is 1450. The first-order valence-corrected chi connectivity index (χ1v) is 14.7. The number of sulfonamides is 1. The molecule has 35 heavy (non-hydrogen) atoms. The zero-order chi connectivity index (χ0) is 24.6. The van der Waals surface area contributed by atoms with Crippen molar-refractivity contribution in [1.29, 1.82) is 0 Å². The number of fused-ring (bicyclic) bond motifs is 1. The summed E-state index contributed by atoms with van der Waals surface area (Å²) >= 11 is 8.97. The van der Waals surface area contributed by atoms with E-state index in [2.05, 4.69) is 4.98 Å². The van der Waals surface area contributed by atoms with E-state index in [0.717, 1.165) is 21.3 Å². The number of hydrogen-bond acceptors (Lipinski definition) is 7. The Balaban J connectivity index is 1.40. The van der Waals surface area contributed by atoms with Gasteiger partial charge in [0.2, 0.25) is 5.91 Å². The van der Waals surface area contributed by atoms with E-state index in [-0.39, 0.29) is 11.8 Å². The molecule has 1 aromatic carbocycles. The Labute approximate surface area is 217 Å². The average molecular weight is 547 g/mol. The van der Waals surface area contributed by atoms with Crippen LogP contribution in [0.1, 0.15) is 24.0 Å². The van der Waals surface area contributed by atoms with Gasteiger partial charge in [-0.05, 0) is 66.6 Å². The monoisotopic (exact) mass is 546 g/mol. The van der Waals surface area contributed by atoms with Crippen LogP contribution in [0.25, 0.3) is 10.2 Å². The number of carbonyl (C=O) groups is 1. The van der Waals surface area contributed by atoms with Gasteiger partial charge < -0.3 is 0 Å². The van der Waals surface area contributed by atoms with E-state index in [1.165, 1.54) is 27.0 Å². The Morgan fingerprint density at radius 3 is 2.60 bits per heavy atom. The molecule has 1 saturated heterocycles. The molecule has 7 nitrogen and oxygen atoms in total. The topological polar surface area (TPSA) is 83.5 Å². The summed E-state index contributed by atoms with van der Waals surface area (Å²) in [5.74, 6) is -0.332. The maximum atomic E-state index is 13.8. The van der Waals surface area contributed by atoms with Crippen molar-refractivity contribution < 1.29 is 13.2 Å². The highest BCUT2D eigenvalue weighted by atomic mass is 35.5. The van der Waals surface area contributed by atoms with E-state index in [0.29, 0.717) is 46.8 Å². The Hall–Kier alpha value is -2.37. The number of piperidine rings is 1. The summed E-state index contributed by atoms with van der Waals surface area (Å²) in [6.45, 7) is 2.91. The lowest BCUT2D eigenvalue weighted by atomic mass is 9.96. The highest BCUT2D eigenvalue weighted by Gasteiger charge is 2.35. The minimum atomic E-state index is -3.52. The molecule has 1 amide bonds. The Morgan fingerprint density at radius 1 is 1.17 bits per heavy atom. The number of halogens is 1. The van der Waals surface area contributed by atoms with Gasteiger partial charge in [-0.3, -0.25) is 14.7 Å². The van der Waals surface area contributed by atoms with Crippen LogP contribution in [0.2, 0.25) is 5.02 Å². The first-order chi connectivity index (χ1) is 16.8. The minimum Gasteiger partial charge on any atom is -0.283 e. The number of aryl methyl sites for hydroxylation is 1. The largest absolute Gasteiger partial charge is 0.283 e. The number of rotatable bonds is 6. The molecule has 0 N–H and O–H groups in total. The second-order valence-electron chi connectivity index (χ2n) is 8.41. The first-order valence-electron chi connectivity index (χ1n) is 11.1. The number of thiophene rings is 1. The third-order valence-electron chi connectivity index (χ3n) is 6.22. The molecule has 0 unspecified atom stereocenters. The van der Waals surface area contributed by atoms with Gasteiger partial charge in [-0.15, -0.1) is 11.3 Å². The molecule has 182 valence electrons. The molecule has 11 heteroatoms. The number of benzene rings is 1. The standard InChI is InChI=1S/C24H23ClN4O3S3/c1-16-19(25)4-5-20-22(16)27-24(34-20)29(15-17-6-10-26-11-7-17)23(30)18-8-12-28(13-9-18)35(31,32)21-3-2-14-33-21/h2-7,10-11,14,18H,8-9,12-13,15H2,1H3. The number of thiazole rings is 1. The third kappa shape index (κ3) is 4.85. The summed E-state index contributed by atoms with van der Waals surface area (Å²) in [7, 11) is -3.52. The van der Waals surface area contributed by atoms with Crippen molar-refractivity contribution in [3.8, 4) is 0 Å². The van der Waals surface area contributed by atoms with E-state index in [4.69, 9.17) is 16.6 Å². The van der Waals surface area contributed by atoms with Gasteiger partial charge >= 0.3 is 0 Å². The van der Waals surface area contributed by atoms with Gasteiger partial charge in [-0.1, -0.05) is 29.0 Å². The maximum Gasteiger partial charge on any atom is 0.252 e. The lowest BCUT2D eigenvalue weighted by Crippen LogP contribution is -2.44. The quantitative estimate of drug-likeness (QED) is 0.325. The number of pyridine rings is 1. The summed E-state index contributed by atoms with van der Waals surface area (Å²) in [5.41, 5.74) is 2.62. The van der Waals surface area contributed by atoms with Crippen molar-refractivity contribution in [3.63, 3.8) is 0 Å². The van der Waals surface area contributed by atoms with Crippen molar-refractivity contribution in [2.24, 2.45) is 5.92 Å². The highest BCUT2D eigenvalue weighted by molar-refractivity contribution is 7.91. The van der Waals surface area contributed by atoms with Gasteiger partial charge in [0.25, 0.3) is 10.0 Å². The Morgan fingerprint density at radius 2 is 1.91 bits per heavy atom. The van der Waals surface area contributed by atoms with E-state index in [9.17, 15) is 13.2 Å². The van der Waals surface area contributed by atoms with Crippen LogP contribution in [-0.2, 0) is 21.4 Å². The maximum absolute atomic E-state index is 13.8. The number of amides is 1. The van der Waals surface area contributed by atoms with Crippen molar-refractivity contribution in [2.45, 2.75) is 30.5 Å². The lowest BCUT2D eigenvalue weighted by molar-refractivity contribution is -0.123. The van der Waals surface area contributed by atoms with Crippen LogP contribution in [0.15, 0.2) is 58.4 Å². The number of nitrogens with zero attached hydrogens (tertiary/aromatic N) is 4. The summed E-state index contributed by atoms with van der Waals surface area (Å²) in [6, 6.07) is 10.9. The number of hydrogen-bond donors (Lipinski definition) is 0. The van der Waals surface area contributed by atoms with Crippen LogP contribution in [0.5, 0.6) is 0 Å². The molecule has 5 rings (SSSR count). The van der Waals surface area contributed by atoms with Crippen LogP contribution >= 0.6 is 34.3 Å². The van der Waals surface area contributed by atoms with Gasteiger partial charge in [0.05, 0.1) is 16.8 Å². The van der Waals surface area contributed by atoms with Crippen LogP contribution in [0, 0.1) is 12.8 Å². The fourth-order valence-corrected chi connectivity index (χ4v) is 8.01. The number of carbonyl (C=O) groups excluding carboxylic acids is 1. The van der Waals surface area contributed by atoms with E-state index >= 15 is 0 Å². The lowest BCUT2D eigenvalue weighted by Gasteiger charge is -2.32. The van der Waals surface area contributed by atoms with Crippen molar-refractivity contribution >= 4 is 65.6 Å². The molecular weight excluding hydrogens is 524 g/mol. The van der Waals surface area contributed by atoms with Gasteiger partial charge in [0, 0.05) is 36.4 Å². The summed E-state index contributed by atoms with van der Waals surface area (Å²) in [5, 5.41) is 3.01. The molecule has 0 radical (unpaired) electrons. The van der Waals surface area contributed by atoms with E-state index in [1.807, 2.05) is 31.2 Å². The normalized spacial score (nSPS) is 15.5. The molecule has 3 aromatic heterocycles. The zero-order valence-electron chi connectivity index (χ0n) is 18.9. The molecule has 1 aliphatic heterocycles. The van der Waals surface area contributed by atoms with Gasteiger partial charge in [-0.2, -0.15) is 4.31 Å². The van der Waals surface area contributed by atoms with Crippen LogP contribution < -0.4 is 4.90 Å². The summed E-state index contributed by atoms with van der Waals surface area (Å²) in [4.78, 5) is 24.4. The van der Waals surface area contributed by atoms with Crippen LogP contribution in [0.4, 0.5) is 5.13 Å². The SMILES string of the molecule is Cc1c(Cl)ccc2sc(N(Cc3ccncc3)C(=O)C3CCN(S(=O)(=O)c4cccs4)CC3)nc12. The summed E-state index contributed by atoms with van der Waals surface area (Å²) < 4.78 is 28.6. The predicted molar refractivity (Wildman–Crippen MR) is 141 cm³/mol. The number of aromatic nitrogens is 2. The molecule has 1 aliphatic rings. The summed E-state index contributed by atoms with van der Waals surface area (Å²) in [6.07, 6.45) is 4.33. The average Bonchev–Trinajstić information content (AvgIpc) is 3.57. The molecule has 0 aliphatic carbocycles. The molecule has 1 fully saturated rings. The first kappa shape index (κ1) is 24.3. The predicted octanol–water partition coefficient (Wildman–Crippen LogP) is 5.35. The zero-order valence-corrected chi connectivity index (χ0v) is 22.1. The fraction of sp³-hybridized carbons (Fsp3) is 0.292. The fourth-order valence-electron chi connectivity index (χ4n) is 4.22. The molecule has 0 atom stereocenters. The molecule has 0 spiro atoms. The van der Waals surface area contributed by atoms with Gasteiger partial charge in [-0.25, -0.2) is 13.4 Å². The molecule has 4 heterocycles. The van der Waals surface area contributed by atoms with E-state index in [1.54, 1.807) is 34.8 Å². The minimum absolute atomic E-state index is 0.0437. The van der Waals surface area contributed by atoms with Crippen molar-refractivity contribution in [1.82, 2.24) is 14.3 Å².